The Bertz CT molecular complexity index is 1560. The molecule has 3 fully saturated rings. The van der Waals surface area contributed by atoms with Crippen LogP contribution in [0.2, 0.25) is 0 Å². The largest absolute Gasteiger partial charge is 0.497 e. The van der Waals surface area contributed by atoms with E-state index in [4.69, 9.17) is 14.2 Å². The Morgan fingerprint density at radius 1 is 1.04 bits per heavy atom. The number of esters is 1. The van der Waals surface area contributed by atoms with E-state index in [1.54, 1.807) is 53.7 Å². The lowest BCUT2D eigenvalue weighted by molar-refractivity contribution is -0.143. The molecule has 4 amide bonds. The van der Waals surface area contributed by atoms with Gasteiger partial charge in [0.1, 0.15) is 35.1 Å². The third-order valence-corrected chi connectivity index (χ3v) is 10.3. The molecule has 1 heterocycles. The van der Waals surface area contributed by atoms with Crippen molar-refractivity contribution >= 4 is 39.8 Å². The van der Waals surface area contributed by atoms with Gasteiger partial charge in [-0.3, -0.25) is 19.1 Å². The molecule has 14 nitrogen and oxygen atoms in total. The maximum Gasteiger partial charge on any atom is 0.408 e. The monoisotopic (exact) mass is 690 g/mol. The Hall–Kier alpha value is -4.14. The number of amides is 4. The van der Waals surface area contributed by atoms with Crippen molar-refractivity contribution in [2.75, 3.05) is 13.7 Å². The summed E-state index contributed by atoms with van der Waals surface area (Å²) in [6.45, 7) is 13.8. The summed E-state index contributed by atoms with van der Waals surface area (Å²) in [6.07, 6.45) is 0.550. The average molecular weight is 691 g/mol. The van der Waals surface area contributed by atoms with Crippen LogP contribution in [0.5, 0.6) is 5.75 Å². The number of nitrogens with one attached hydrogen (secondary N) is 3. The molecular weight excluding hydrogens is 644 g/mol. The van der Waals surface area contributed by atoms with Crippen LogP contribution in [-0.2, 0) is 33.9 Å². The smallest absolute Gasteiger partial charge is 0.408 e. The number of ether oxygens (including phenoxy) is 3. The standard InChI is InChI=1S/C33H46N4O10S/c1-9-20-17-33(20,29(41)36-48(43,44)23-14-15-23)35-26(38)24-16-22(46-28(40)19-10-12-21(45-8)13-11-19)18-37(24)27(39)25(31(2,3)4)34-30(42)47-32(5,6)7/h9-13,20,22-25H,1,14-18H2,2-8H3,(H,34,42)(H,35,38)(H,36,41)/t20-,22-,24+,25-,33-/m1/s1. The molecule has 0 bridgehead atoms. The molecule has 0 aromatic heterocycles. The molecule has 1 aromatic rings. The number of sulfonamides is 1. The predicted octanol–water partition coefficient (Wildman–Crippen LogP) is 2.43. The number of carbonyl (C=O) groups is 5. The van der Waals surface area contributed by atoms with Crippen LogP contribution in [0.4, 0.5) is 4.79 Å². The van der Waals surface area contributed by atoms with Gasteiger partial charge in [0.25, 0.3) is 5.91 Å². The summed E-state index contributed by atoms with van der Waals surface area (Å²) >= 11 is 0. The first-order valence-electron chi connectivity index (χ1n) is 15.9. The fraction of sp³-hybridized carbons (Fsp3) is 0.606. The highest BCUT2D eigenvalue weighted by molar-refractivity contribution is 7.91. The summed E-state index contributed by atoms with van der Waals surface area (Å²) in [5.74, 6) is -2.98. The quantitative estimate of drug-likeness (QED) is 0.230. The number of methoxy groups -OCH3 is 1. The molecule has 1 aliphatic heterocycles. The minimum absolute atomic E-state index is 0.107. The van der Waals surface area contributed by atoms with E-state index in [2.05, 4.69) is 21.9 Å². The van der Waals surface area contributed by atoms with Gasteiger partial charge in [-0.05, 0) is 69.7 Å². The van der Waals surface area contributed by atoms with Crippen molar-refractivity contribution in [3.8, 4) is 5.75 Å². The van der Waals surface area contributed by atoms with Crippen molar-refractivity contribution in [2.45, 2.75) is 102 Å². The second-order valence-electron chi connectivity index (χ2n) is 14.6. The average Bonchev–Trinajstić information content (AvgIpc) is 3.91. The Morgan fingerprint density at radius 3 is 2.17 bits per heavy atom. The lowest BCUT2D eigenvalue weighted by atomic mass is 9.85. The van der Waals surface area contributed by atoms with E-state index in [9.17, 15) is 32.4 Å². The molecule has 0 radical (unpaired) electrons. The van der Waals surface area contributed by atoms with Crippen LogP contribution in [0.3, 0.4) is 0 Å². The number of hydrogen-bond acceptors (Lipinski definition) is 10. The Kier molecular flexibility index (Phi) is 10.2. The number of nitrogens with zero attached hydrogens (tertiary/aromatic N) is 1. The van der Waals surface area contributed by atoms with Gasteiger partial charge in [-0.1, -0.05) is 26.8 Å². The molecule has 3 aliphatic rings. The summed E-state index contributed by atoms with van der Waals surface area (Å²) in [7, 11) is -2.42. The third-order valence-electron chi connectivity index (χ3n) is 8.47. The maximum atomic E-state index is 14.2. The molecule has 0 unspecified atom stereocenters. The van der Waals surface area contributed by atoms with E-state index in [1.165, 1.54) is 30.2 Å². The maximum absolute atomic E-state index is 14.2. The van der Waals surface area contributed by atoms with Crippen LogP contribution in [0.15, 0.2) is 36.9 Å². The summed E-state index contributed by atoms with van der Waals surface area (Å²) in [5, 5.41) is 4.67. The topological polar surface area (TPSA) is 187 Å². The Balaban J connectivity index is 1.60. The van der Waals surface area contributed by atoms with E-state index in [0.29, 0.717) is 18.6 Å². The van der Waals surface area contributed by atoms with Crippen LogP contribution in [0.1, 0.15) is 77.6 Å². The van der Waals surface area contributed by atoms with Crippen molar-refractivity contribution in [2.24, 2.45) is 11.3 Å². The van der Waals surface area contributed by atoms with Gasteiger partial charge in [-0.25, -0.2) is 18.0 Å². The predicted molar refractivity (Wildman–Crippen MR) is 174 cm³/mol. The van der Waals surface area contributed by atoms with E-state index < -0.39 is 85.7 Å². The van der Waals surface area contributed by atoms with Crippen molar-refractivity contribution in [3.63, 3.8) is 0 Å². The number of benzene rings is 1. The van der Waals surface area contributed by atoms with E-state index in [0.717, 1.165) is 0 Å². The SMILES string of the molecule is C=C[C@@H]1C[C@]1(NC(=O)[C@@H]1C[C@@H](OC(=O)c2ccc(OC)cc2)CN1C(=O)[C@@H](NC(=O)OC(C)(C)C)C(C)(C)C)C(=O)NS(=O)(=O)C1CC1. The number of alkyl carbamates (subject to hydrolysis) is 1. The van der Waals surface area contributed by atoms with Crippen LogP contribution in [-0.4, -0.2) is 91.3 Å². The van der Waals surface area contributed by atoms with Gasteiger partial charge in [0.2, 0.25) is 21.8 Å². The van der Waals surface area contributed by atoms with Gasteiger partial charge in [0, 0.05) is 12.3 Å². The van der Waals surface area contributed by atoms with Gasteiger partial charge < -0.3 is 29.7 Å². The fourth-order valence-electron chi connectivity index (χ4n) is 5.58. The highest BCUT2D eigenvalue weighted by atomic mass is 32.2. The summed E-state index contributed by atoms with van der Waals surface area (Å²) in [6, 6.07) is 3.81. The molecule has 5 atom stereocenters. The molecule has 48 heavy (non-hydrogen) atoms. The lowest BCUT2D eigenvalue weighted by Crippen LogP contribution is -2.60. The lowest BCUT2D eigenvalue weighted by Gasteiger charge is -2.36. The van der Waals surface area contributed by atoms with Crippen molar-refractivity contribution in [1.82, 2.24) is 20.3 Å². The first kappa shape index (κ1) is 36.7. The molecule has 3 N–H and O–H groups in total. The van der Waals surface area contributed by atoms with Crippen LogP contribution >= 0.6 is 0 Å². The van der Waals surface area contributed by atoms with Crippen molar-refractivity contribution in [3.05, 3.63) is 42.5 Å². The Labute approximate surface area is 281 Å². The highest BCUT2D eigenvalue weighted by Gasteiger charge is 2.62. The van der Waals surface area contributed by atoms with Crippen LogP contribution in [0.25, 0.3) is 0 Å². The second kappa shape index (κ2) is 13.4. The fourth-order valence-corrected chi connectivity index (χ4v) is 6.94. The highest BCUT2D eigenvalue weighted by Crippen LogP contribution is 2.45. The molecule has 4 rings (SSSR count). The number of carbonyl (C=O) groups excluding carboxylic acids is 5. The Morgan fingerprint density at radius 2 is 1.67 bits per heavy atom. The summed E-state index contributed by atoms with van der Waals surface area (Å²) in [5.41, 5.74) is -3.07. The number of rotatable bonds is 11. The number of hydrogen-bond donors (Lipinski definition) is 3. The van der Waals surface area contributed by atoms with Gasteiger partial charge >= 0.3 is 12.1 Å². The normalized spacial score (nSPS) is 24.5. The molecule has 15 heteroatoms. The zero-order chi connectivity index (χ0) is 35.8. The first-order valence-corrected chi connectivity index (χ1v) is 17.4. The van der Waals surface area contributed by atoms with Gasteiger partial charge in [0.05, 0.1) is 24.5 Å². The molecule has 2 saturated carbocycles. The second-order valence-corrected chi connectivity index (χ2v) is 16.6. The van der Waals surface area contributed by atoms with E-state index >= 15 is 0 Å². The molecule has 1 aromatic carbocycles. The van der Waals surface area contributed by atoms with E-state index in [-0.39, 0.29) is 24.9 Å². The minimum Gasteiger partial charge on any atom is -0.497 e. The van der Waals surface area contributed by atoms with Crippen LogP contribution < -0.4 is 20.1 Å². The zero-order valence-corrected chi connectivity index (χ0v) is 29.3. The zero-order valence-electron chi connectivity index (χ0n) is 28.5. The van der Waals surface area contributed by atoms with Gasteiger partial charge in [0.15, 0.2) is 0 Å². The minimum atomic E-state index is -3.91. The molecule has 0 spiro atoms. The molecule has 1 saturated heterocycles. The summed E-state index contributed by atoms with van der Waals surface area (Å²) < 4.78 is 43.5. The molecule has 264 valence electrons. The first-order chi connectivity index (χ1) is 22.2. The summed E-state index contributed by atoms with van der Waals surface area (Å²) in [4.78, 5) is 68.7. The van der Waals surface area contributed by atoms with E-state index in [1.807, 2.05) is 0 Å². The van der Waals surface area contributed by atoms with Crippen molar-refractivity contribution in [1.29, 1.82) is 0 Å². The third kappa shape index (κ3) is 8.47. The van der Waals surface area contributed by atoms with Crippen molar-refractivity contribution < 1.29 is 46.6 Å². The van der Waals surface area contributed by atoms with Crippen LogP contribution in [0, 0.1) is 11.3 Å². The number of likely N-dealkylation sites (tertiary alicyclic amines) is 1. The van der Waals surface area contributed by atoms with Gasteiger partial charge in [-0.15, -0.1) is 6.58 Å². The molecule has 2 aliphatic carbocycles. The van der Waals surface area contributed by atoms with Gasteiger partial charge in [-0.2, -0.15) is 0 Å². The molecular formula is C33H46N4O10S.